The number of hydrogen-bond acceptors (Lipinski definition) is 4. The molecule has 0 radical (unpaired) electrons. The molecule has 1 aliphatic rings. The fraction of sp³-hybridized carbons (Fsp3) is 0.533. The summed E-state index contributed by atoms with van der Waals surface area (Å²) in [6, 6.07) is 6.98. The van der Waals surface area contributed by atoms with Gasteiger partial charge in [0.2, 0.25) is 0 Å². The molecule has 0 atom stereocenters. The lowest BCUT2D eigenvalue weighted by molar-refractivity contribution is -0.135. The number of nitrogens with zero attached hydrogens (tertiary/aromatic N) is 2. The maximum atomic E-state index is 12.1. The van der Waals surface area contributed by atoms with Crippen LogP contribution >= 0.6 is 11.6 Å². The summed E-state index contributed by atoms with van der Waals surface area (Å²) < 4.78 is 5.47. The monoisotopic (exact) mass is 312 g/mol. The predicted octanol–water partition coefficient (Wildman–Crippen LogP) is 1.25. The van der Waals surface area contributed by atoms with Gasteiger partial charge in [-0.05, 0) is 30.7 Å². The topological polar surface area (TPSA) is 53.0 Å². The van der Waals surface area contributed by atoms with Crippen LogP contribution in [-0.2, 0) is 4.79 Å². The van der Waals surface area contributed by atoms with Gasteiger partial charge in [0, 0.05) is 44.4 Å². The molecule has 1 aromatic carbocycles. The Bertz CT molecular complexity index is 445. The van der Waals surface area contributed by atoms with Crippen LogP contribution in [0.3, 0.4) is 0 Å². The minimum absolute atomic E-state index is 0.00626. The lowest BCUT2D eigenvalue weighted by atomic mass is 10.3. The first-order valence-corrected chi connectivity index (χ1v) is 7.56. The number of rotatable bonds is 6. The molecule has 1 aromatic rings. The molecule has 0 bridgehead atoms. The van der Waals surface area contributed by atoms with E-state index < -0.39 is 0 Å². The van der Waals surface area contributed by atoms with E-state index >= 15 is 0 Å². The van der Waals surface area contributed by atoms with Crippen LogP contribution in [0.25, 0.3) is 0 Å². The average molecular weight is 313 g/mol. The van der Waals surface area contributed by atoms with Crippen LogP contribution in [0.2, 0.25) is 5.02 Å². The molecule has 0 saturated carbocycles. The first-order chi connectivity index (χ1) is 10.2. The summed E-state index contributed by atoms with van der Waals surface area (Å²) in [6.45, 7) is 4.30. The van der Waals surface area contributed by atoms with Crippen molar-refractivity contribution in [3.63, 3.8) is 0 Å². The first kappa shape index (κ1) is 16.1. The normalized spacial score (nSPS) is 16.0. The number of carbonyl (C=O) groups is 1. The van der Waals surface area contributed by atoms with Gasteiger partial charge in [-0.15, -0.1) is 0 Å². The minimum Gasteiger partial charge on any atom is -0.484 e. The summed E-state index contributed by atoms with van der Waals surface area (Å²) in [5.74, 6) is 0.654. The number of piperazine rings is 1. The highest BCUT2D eigenvalue weighted by molar-refractivity contribution is 6.30. The molecule has 1 saturated heterocycles. The third-order valence-electron chi connectivity index (χ3n) is 3.53. The van der Waals surface area contributed by atoms with Gasteiger partial charge in [-0.25, -0.2) is 0 Å². The number of carbonyl (C=O) groups excluding carboxylic acids is 1. The van der Waals surface area contributed by atoms with Crippen molar-refractivity contribution in [2.75, 3.05) is 45.9 Å². The average Bonchev–Trinajstić information content (AvgIpc) is 2.52. The Balaban J connectivity index is 1.71. The Morgan fingerprint density at radius 2 is 1.86 bits per heavy atom. The number of amides is 1. The highest BCUT2D eigenvalue weighted by atomic mass is 35.5. The van der Waals surface area contributed by atoms with Crippen molar-refractivity contribution in [3.8, 4) is 5.75 Å². The third kappa shape index (κ3) is 5.19. The van der Waals surface area contributed by atoms with E-state index in [-0.39, 0.29) is 19.1 Å². The molecule has 21 heavy (non-hydrogen) atoms. The van der Waals surface area contributed by atoms with E-state index in [9.17, 15) is 4.79 Å². The van der Waals surface area contributed by atoms with E-state index in [0.717, 1.165) is 26.1 Å². The Morgan fingerprint density at radius 3 is 2.48 bits per heavy atom. The second-order valence-electron chi connectivity index (χ2n) is 5.04. The number of aliphatic hydroxyl groups excluding tert-OH is 1. The van der Waals surface area contributed by atoms with Gasteiger partial charge in [0.05, 0.1) is 0 Å². The molecule has 6 heteroatoms. The number of ether oxygens (including phenoxy) is 1. The molecule has 1 fully saturated rings. The maximum Gasteiger partial charge on any atom is 0.260 e. The Morgan fingerprint density at radius 1 is 1.19 bits per heavy atom. The highest BCUT2D eigenvalue weighted by Crippen LogP contribution is 2.15. The quantitative estimate of drug-likeness (QED) is 0.859. The zero-order valence-corrected chi connectivity index (χ0v) is 12.8. The van der Waals surface area contributed by atoms with Crippen molar-refractivity contribution in [2.45, 2.75) is 6.42 Å². The SMILES string of the molecule is O=C(COc1ccc(Cl)cc1)N1CCN(CCCO)CC1. The van der Waals surface area contributed by atoms with Crippen LogP contribution in [0.15, 0.2) is 24.3 Å². The molecule has 0 aliphatic carbocycles. The summed E-state index contributed by atoms with van der Waals surface area (Å²) >= 11 is 5.79. The molecule has 1 N–H and O–H groups in total. The van der Waals surface area contributed by atoms with Crippen LogP contribution < -0.4 is 4.74 Å². The first-order valence-electron chi connectivity index (χ1n) is 7.18. The highest BCUT2D eigenvalue weighted by Gasteiger charge is 2.20. The molecule has 116 valence electrons. The maximum absolute atomic E-state index is 12.1. The van der Waals surface area contributed by atoms with Gasteiger partial charge in [-0.3, -0.25) is 9.69 Å². The molecule has 5 nitrogen and oxygen atoms in total. The fourth-order valence-electron chi connectivity index (χ4n) is 2.28. The van der Waals surface area contributed by atoms with Gasteiger partial charge in [0.15, 0.2) is 6.61 Å². The summed E-state index contributed by atoms with van der Waals surface area (Å²) in [6.07, 6.45) is 0.785. The molecular formula is C15H21ClN2O3. The summed E-state index contributed by atoms with van der Waals surface area (Å²) in [5, 5.41) is 9.46. The Labute approximate surface area is 130 Å². The van der Waals surface area contributed by atoms with Crippen LogP contribution in [0.5, 0.6) is 5.75 Å². The molecule has 0 aromatic heterocycles. The van der Waals surface area contributed by atoms with E-state index in [1.807, 2.05) is 4.90 Å². The van der Waals surface area contributed by atoms with Crippen LogP contribution in [-0.4, -0.2) is 66.8 Å². The zero-order valence-electron chi connectivity index (χ0n) is 12.0. The van der Waals surface area contributed by atoms with E-state index in [2.05, 4.69) is 4.90 Å². The van der Waals surface area contributed by atoms with Gasteiger partial charge in [-0.2, -0.15) is 0 Å². The molecule has 1 aliphatic heterocycles. The molecular weight excluding hydrogens is 292 g/mol. The summed E-state index contributed by atoms with van der Waals surface area (Å²) in [7, 11) is 0. The van der Waals surface area contributed by atoms with E-state index in [0.29, 0.717) is 23.9 Å². The molecule has 0 unspecified atom stereocenters. The van der Waals surface area contributed by atoms with E-state index in [1.54, 1.807) is 24.3 Å². The van der Waals surface area contributed by atoms with Crippen molar-refractivity contribution in [1.29, 1.82) is 0 Å². The molecule has 0 spiro atoms. The van der Waals surface area contributed by atoms with Crippen LogP contribution in [0.1, 0.15) is 6.42 Å². The van der Waals surface area contributed by atoms with Gasteiger partial charge in [0.25, 0.3) is 5.91 Å². The third-order valence-corrected chi connectivity index (χ3v) is 3.79. The van der Waals surface area contributed by atoms with Gasteiger partial charge < -0.3 is 14.7 Å². The van der Waals surface area contributed by atoms with Crippen molar-refractivity contribution >= 4 is 17.5 Å². The van der Waals surface area contributed by atoms with Crippen molar-refractivity contribution in [2.24, 2.45) is 0 Å². The minimum atomic E-state index is 0.00626. The predicted molar refractivity (Wildman–Crippen MR) is 81.7 cm³/mol. The molecule has 1 amide bonds. The fourth-order valence-corrected chi connectivity index (χ4v) is 2.41. The largest absolute Gasteiger partial charge is 0.484 e. The Kier molecular flexibility index (Phi) is 6.29. The summed E-state index contributed by atoms with van der Waals surface area (Å²) in [4.78, 5) is 16.2. The standard InChI is InChI=1S/C15H21ClN2O3/c16-13-2-4-14(5-3-13)21-12-15(20)18-9-7-17(8-10-18)6-1-11-19/h2-5,19H,1,6-12H2. The lowest BCUT2D eigenvalue weighted by Crippen LogP contribution is -2.50. The zero-order chi connectivity index (χ0) is 15.1. The molecule has 2 rings (SSSR count). The van der Waals surface area contributed by atoms with E-state index in [1.165, 1.54) is 0 Å². The molecule has 1 heterocycles. The second kappa shape index (κ2) is 8.22. The smallest absolute Gasteiger partial charge is 0.260 e. The van der Waals surface area contributed by atoms with Crippen molar-refractivity contribution < 1.29 is 14.6 Å². The number of benzene rings is 1. The number of aliphatic hydroxyl groups is 1. The van der Waals surface area contributed by atoms with Gasteiger partial charge in [-0.1, -0.05) is 11.6 Å². The van der Waals surface area contributed by atoms with Crippen LogP contribution in [0.4, 0.5) is 0 Å². The van der Waals surface area contributed by atoms with Crippen LogP contribution in [0, 0.1) is 0 Å². The summed E-state index contributed by atoms with van der Waals surface area (Å²) in [5.41, 5.74) is 0. The van der Waals surface area contributed by atoms with Gasteiger partial charge in [0.1, 0.15) is 5.75 Å². The van der Waals surface area contributed by atoms with Crippen molar-refractivity contribution in [3.05, 3.63) is 29.3 Å². The van der Waals surface area contributed by atoms with E-state index in [4.69, 9.17) is 21.4 Å². The van der Waals surface area contributed by atoms with Crippen molar-refractivity contribution in [1.82, 2.24) is 9.80 Å². The number of halogens is 1. The number of hydrogen-bond donors (Lipinski definition) is 1. The Hall–Kier alpha value is -1.30. The van der Waals surface area contributed by atoms with Gasteiger partial charge >= 0.3 is 0 Å². The second-order valence-corrected chi connectivity index (χ2v) is 5.48. The lowest BCUT2D eigenvalue weighted by Gasteiger charge is -2.34.